The second-order valence-electron chi connectivity index (χ2n) is 8.48. The molecule has 1 aliphatic heterocycles. The van der Waals surface area contributed by atoms with Crippen molar-refractivity contribution in [3.8, 4) is 0 Å². The maximum atomic E-state index is 13.2. The molecule has 2 heterocycles. The lowest BCUT2D eigenvalue weighted by Crippen LogP contribution is -2.46. The number of nitrogens with zero attached hydrogens (tertiary/aromatic N) is 1. The summed E-state index contributed by atoms with van der Waals surface area (Å²) in [6.07, 6.45) is 2.67. The Morgan fingerprint density at radius 1 is 1.19 bits per heavy atom. The molecule has 0 saturated carbocycles. The molecule has 7 nitrogen and oxygen atoms in total. The van der Waals surface area contributed by atoms with Crippen LogP contribution < -0.4 is 10.6 Å². The van der Waals surface area contributed by atoms with Crippen LogP contribution in [0.5, 0.6) is 0 Å². The Kier molecular flexibility index (Phi) is 5.66. The van der Waals surface area contributed by atoms with Gasteiger partial charge in [0.05, 0.1) is 6.54 Å². The summed E-state index contributed by atoms with van der Waals surface area (Å²) in [6.45, 7) is 3.62. The van der Waals surface area contributed by atoms with E-state index in [2.05, 4.69) is 10.6 Å². The number of carbonyl (C=O) groups is 4. The van der Waals surface area contributed by atoms with Gasteiger partial charge in [-0.15, -0.1) is 11.3 Å². The first-order chi connectivity index (χ1) is 14.8. The van der Waals surface area contributed by atoms with Gasteiger partial charge >= 0.3 is 6.03 Å². The molecule has 1 atom stereocenters. The first-order valence-electron chi connectivity index (χ1n) is 10.4. The fourth-order valence-electron chi connectivity index (χ4n) is 4.24. The zero-order valence-electron chi connectivity index (χ0n) is 17.6. The van der Waals surface area contributed by atoms with Crippen LogP contribution in [-0.2, 0) is 21.5 Å². The third-order valence-electron chi connectivity index (χ3n) is 5.72. The minimum absolute atomic E-state index is 0.0843. The normalized spacial score (nSPS) is 20.2. The second kappa shape index (κ2) is 8.26. The minimum Gasteiger partial charge on any atom is -0.326 e. The number of amides is 4. The summed E-state index contributed by atoms with van der Waals surface area (Å²) >= 11 is 1.59. The van der Waals surface area contributed by atoms with Crippen LogP contribution in [0.3, 0.4) is 0 Å². The molecule has 8 heteroatoms. The van der Waals surface area contributed by atoms with Crippen molar-refractivity contribution in [1.29, 1.82) is 0 Å². The SMILES string of the molecule is CC(C)CC(=O)Nc1ccc(C(=O)CN2C(=O)N[C@]3(CCCc4sccc43)C2=O)cc1. The summed E-state index contributed by atoms with van der Waals surface area (Å²) in [5, 5.41) is 7.59. The number of fused-ring (bicyclic) bond motifs is 2. The molecule has 2 aromatic rings. The summed E-state index contributed by atoms with van der Waals surface area (Å²) in [7, 11) is 0. The molecule has 1 spiro atoms. The molecule has 31 heavy (non-hydrogen) atoms. The van der Waals surface area contributed by atoms with Crippen molar-refractivity contribution in [3.05, 3.63) is 51.7 Å². The minimum atomic E-state index is -1.05. The molecule has 2 N–H and O–H groups in total. The van der Waals surface area contributed by atoms with Gasteiger partial charge in [0, 0.05) is 28.1 Å². The quantitative estimate of drug-likeness (QED) is 0.530. The number of anilines is 1. The van der Waals surface area contributed by atoms with Gasteiger partial charge in [0.15, 0.2) is 5.78 Å². The van der Waals surface area contributed by atoms with Crippen molar-refractivity contribution in [2.45, 2.75) is 45.1 Å². The number of rotatable bonds is 6. The van der Waals surface area contributed by atoms with E-state index in [9.17, 15) is 19.2 Å². The highest BCUT2D eigenvalue weighted by Gasteiger charge is 2.54. The van der Waals surface area contributed by atoms with E-state index < -0.39 is 11.6 Å². The third kappa shape index (κ3) is 3.99. The van der Waals surface area contributed by atoms with Crippen LogP contribution in [0, 0.1) is 5.92 Å². The van der Waals surface area contributed by atoms with Gasteiger partial charge in [0.2, 0.25) is 5.91 Å². The molecule has 1 aromatic heterocycles. The largest absolute Gasteiger partial charge is 0.326 e. The molecule has 4 amide bonds. The predicted molar refractivity (Wildman–Crippen MR) is 118 cm³/mol. The van der Waals surface area contributed by atoms with Crippen LogP contribution >= 0.6 is 11.3 Å². The van der Waals surface area contributed by atoms with Crippen molar-refractivity contribution in [2.75, 3.05) is 11.9 Å². The van der Waals surface area contributed by atoms with E-state index in [1.54, 1.807) is 35.6 Å². The van der Waals surface area contributed by atoms with E-state index >= 15 is 0 Å². The molecule has 1 aromatic carbocycles. The molecule has 1 fully saturated rings. The van der Waals surface area contributed by atoms with E-state index in [-0.39, 0.29) is 30.1 Å². The lowest BCUT2D eigenvalue weighted by atomic mass is 9.80. The van der Waals surface area contributed by atoms with Gasteiger partial charge in [-0.3, -0.25) is 19.3 Å². The Bertz CT molecular complexity index is 1040. The second-order valence-corrected chi connectivity index (χ2v) is 9.49. The number of hydrogen-bond acceptors (Lipinski definition) is 5. The van der Waals surface area contributed by atoms with Crippen LogP contribution in [0.2, 0.25) is 0 Å². The number of hydrogen-bond donors (Lipinski definition) is 2. The standard InChI is InChI=1S/C23H25N3O4S/c1-14(2)12-20(28)24-16-7-5-15(6-8-16)18(27)13-26-21(29)23(25-22(26)30)10-3-4-19-17(23)9-11-31-19/h5-9,11,14H,3-4,10,12-13H2,1-2H3,(H,24,28)(H,25,30)/t23-/m0/s1. The van der Waals surface area contributed by atoms with Crippen LogP contribution in [0.4, 0.5) is 10.5 Å². The summed E-state index contributed by atoms with van der Waals surface area (Å²) in [5.41, 5.74) is 0.792. The molecule has 1 saturated heterocycles. The van der Waals surface area contributed by atoms with Crippen LogP contribution in [0.1, 0.15) is 53.9 Å². The number of Topliss-reactive ketones (excluding diaryl/α,β-unsaturated/α-hetero) is 1. The van der Waals surface area contributed by atoms with Crippen LogP contribution in [0.25, 0.3) is 0 Å². The first kappa shape index (κ1) is 21.2. The van der Waals surface area contributed by atoms with E-state index in [0.29, 0.717) is 24.1 Å². The highest BCUT2D eigenvalue weighted by Crippen LogP contribution is 2.42. The van der Waals surface area contributed by atoms with E-state index in [0.717, 1.165) is 28.2 Å². The predicted octanol–water partition coefficient (Wildman–Crippen LogP) is 3.70. The number of imide groups is 1. The molecule has 2 aliphatic rings. The summed E-state index contributed by atoms with van der Waals surface area (Å²) in [6, 6.07) is 7.86. The smallest absolute Gasteiger partial charge is 0.325 e. The van der Waals surface area contributed by atoms with Gasteiger partial charge < -0.3 is 10.6 Å². The Labute approximate surface area is 184 Å². The Morgan fingerprint density at radius 3 is 2.65 bits per heavy atom. The Hall–Kier alpha value is -3.00. The average Bonchev–Trinajstić information content (AvgIpc) is 3.28. The lowest BCUT2D eigenvalue weighted by Gasteiger charge is -2.31. The molecular weight excluding hydrogens is 414 g/mol. The van der Waals surface area contributed by atoms with E-state index in [1.807, 2.05) is 25.3 Å². The Morgan fingerprint density at radius 2 is 1.94 bits per heavy atom. The fraction of sp³-hybridized carbons (Fsp3) is 0.391. The topological polar surface area (TPSA) is 95.6 Å². The number of urea groups is 1. The molecule has 1 aliphatic carbocycles. The van der Waals surface area contributed by atoms with E-state index in [1.165, 1.54) is 0 Å². The van der Waals surface area contributed by atoms with Gasteiger partial charge in [-0.2, -0.15) is 0 Å². The lowest BCUT2D eigenvalue weighted by molar-refractivity contribution is -0.131. The Balaban J connectivity index is 1.45. The first-order valence-corrected chi connectivity index (χ1v) is 11.3. The molecule has 4 rings (SSSR count). The monoisotopic (exact) mass is 439 g/mol. The van der Waals surface area contributed by atoms with Crippen molar-refractivity contribution >= 4 is 40.7 Å². The van der Waals surface area contributed by atoms with Crippen molar-refractivity contribution < 1.29 is 19.2 Å². The third-order valence-corrected chi connectivity index (χ3v) is 6.70. The number of benzene rings is 1. The number of aryl methyl sites for hydroxylation is 1. The number of nitrogens with one attached hydrogen (secondary N) is 2. The summed E-state index contributed by atoms with van der Waals surface area (Å²) in [4.78, 5) is 52.7. The van der Waals surface area contributed by atoms with Gasteiger partial charge in [-0.05, 0) is 60.9 Å². The zero-order chi connectivity index (χ0) is 22.2. The maximum Gasteiger partial charge on any atom is 0.325 e. The number of carbonyl (C=O) groups excluding carboxylic acids is 4. The fourth-order valence-corrected chi connectivity index (χ4v) is 5.24. The van der Waals surface area contributed by atoms with Gasteiger partial charge in [0.25, 0.3) is 5.91 Å². The average molecular weight is 440 g/mol. The number of ketones is 1. The summed E-state index contributed by atoms with van der Waals surface area (Å²) < 4.78 is 0. The van der Waals surface area contributed by atoms with Crippen LogP contribution in [0.15, 0.2) is 35.7 Å². The molecule has 162 valence electrons. The highest BCUT2D eigenvalue weighted by atomic mass is 32.1. The van der Waals surface area contributed by atoms with Gasteiger partial charge in [0.1, 0.15) is 5.54 Å². The molecular formula is C23H25N3O4S. The zero-order valence-corrected chi connectivity index (χ0v) is 18.4. The van der Waals surface area contributed by atoms with Crippen molar-refractivity contribution in [2.24, 2.45) is 5.92 Å². The van der Waals surface area contributed by atoms with Gasteiger partial charge in [-0.25, -0.2) is 4.79 Å². The van der Waals surface area contributed by atoms with Crippen LogP contribution in [-0.4, -0.2) is 35.1 Å². The summed E-state index contributed by atoms with van der Waals surface area (Å²) in [5.74, 6) is -0.522. The molecule has 0 bridgehead atoms. The highest BCUT2D eigenvalue weighted by molar-refractivity contribution is 7.10. The van der Waals surface area contributed by atoms with Crippen molar-refractivity contribution in [3.63, 3.8) is 0 Å². The number of thiophene rings is 1. The molecule has 0 radical (unpaired) electrons. The molecule has 0 unspecified atom stereocenters. The van der Waals surface area contributed by atoms with Crippen molar-refractivity contribution in [1.82, 2.24) is 10.2 Å². The maximum absolute atomic E-state index is 13.2. The van der Waals surface area contributed by atoms with E-state index in [4.69, 9.17) is 0 Å². The van der Waals surface area contributed by atoms with Gasteiger partial charge in [-0.1, -0.05) is 13.8 Å².